The summed E-state index contributed by atoms with van der Waals surface area (Å²) >= 11 is 0. The molecule has 2 N–H and O–H groups in total. The molecule has 0 aromatic rings. The van der Waals surface area contributed by atoms with Crippen LogP contribution in [0, 0.1) is 11.3 Å². The van der Waals surface area contributed by atoms with Gasteiger partial charge in [-0.1, -0.05) is 25.8 Å². The first-order chi connectivity index (χ1) is 9.40. The van der Waals surface area contributed by atoms with E-state index in [-0.39, 0.29) is 18.0 Å². The van der Waals surface area contributed by atoms with E-state index in [2.05, 4.69) is 11.9 Å². The Balaban J connectivity index is 2.45. The average molecular weight is 282 g/mol. The fraction of sp³-hybridized carbons (Fsp3) is 0.733. The average Bonchev–Trinajstić information content (AvgIpc) is 2.85. The van der Waals surface area contributed by atoms with Crippen molar-refractivity contribution < 1.29 is 14.7 Å². The van der Waals surface area contributed by atoms with Crippen LogP contribution in [-0.2, 0) is 4.79 Å². The number of allylic oxidation sites excluding steroid dienone is 1. The summed E-state index contributed by atoms with van der Waals surface area (Å²) in [5.74, 6) is -1.44. The van der Waals surface area contributed by atoms with E-state index in [0.29, 0.717) is 6.54 Å². The van der Waals surface area contributed by atoms with E-state index in [1.165, 1.54) is 17.7 Å². The fourth-order valence-corrected chi connectivity index (χ4v) is 2.85. The molecule has 2 amide bonds. The van der Waals surface area contributed by atoms with Crippen molar-refractivity contribution in [3.8, 4) is 0 Å². The molecule has 0 heterocycles. The third-order valence-corrected chi connectivity index (χ3v) is 4.17. The molecule has 0 saturated heterocycles. The van der Waals surface area contributed by atoms with Gasteiger partial charge in [-0.2, -0.15) is 0 Å². The Kier molecular flexibility index (Phi) is 6.05. The van der Waals surface area contributed by atoms with Crippen molar-refractivity contribution in [3.63, 3.8) is 0 Å². The first kappa shape index (κ1) is 16.5. The molecule has 0 radical (unpaired) electrons. The lowest BCUT2D eigenvalue weighted by molar-refractivity contribution is -0.141. The van der Waals surface area contributed by atoms with Gasteiger partial charge < -0.3 is 15.3 Å². The Morgan fingerprint density at radius 3 is 2.55 bits per heavy atom. The Morgan fingerprint density at radius 1 is 1.45 bits per heavy atom. The summed E-state index contributed by atoms with van der Waals surface area (Å²) < 4.78 is 0. The SMILES string of the molecule is C=CCC1(CNC(=O)N(C)CC(C)C(=O)O)CCCC1. The van der Waals surface area contributed by atoms with Crippen LogP contribution in [0.15, 0.2) is 12.7 Å². The van der Waals surface area contributed by atoms with Crippen molar-refractivity contribution in [2.45, 2.75) is 39.0 Å². The Labute approximate surface area is 121 Å². The lowest BCUT2D eigenvalue weighted by Gasteiger charge is -2.29. The fourth-order valence-electron chi connectivity index (χ4n) is 2.85. The van der Waals surface area contributed by atoms with E-state index >= 15 is 0 Å². The van der Waals surface area contributed by atoms with Gasteiger partial charge in [-0.05, 0) is 24.7 Å². The molecule has 5 nitrogen and oxygen atoms in total. The summed E-state index contributed by atoms with van der Waals surface area (Å²) in [6, 6.07) is -0.201. The van der Waals surface area contributed by atoms with Crippen molar-refractivity contribution in [3.05, 3.63) is 12.7 Å². The van der Waals surface area contributed by atoms with Gasteiger partial charge in [0.25, 0.3) is 0 Å². The van der Waals surface area contributed by atoms with Gasteiger partial charge in [-0.25, -0.2) is 4.79 Å². The normalized spacial score (nSPS) is 18.3. The van der Waals surface area contributed by atoms with Crippen molar-refractivity contribution in [2.75, 3.05) is 20.1 Å². The number of rotatable bonds is 7. The number of nitrogens with one attached hydrogen (secondary N) is 1. The number of urea groups is 1. The van der Waals surface area contributed by atoms with E-state index in [1.807, 2.05) is 6.08 Å². The highest BCUT2D eigenvalue weighted by Crippen LogP contribution is 2.40. The van der Waals surface area contributed by atoms with Gasteiger partial charge in [0.2, 0.25) is 0 Å². The quantitative estimate of drug-likeness (QED) is 0.705. The van der Waals surface area contributed by atoms with Gasteiger partial charge in [-0.3, -0.25) is 4.79 Å². The zero-order chi connectivity index (χ0) is 15.2. The minimum absolute atomic E-state index is 0.149. The lowest BCUT2D eigenvalue weighted by atomic mass is 9.83. The van der Waals surface area contributed by atoms with Gasteiger partial charge in [0.1, 0.15) is 0 Å². The molecule has 0 aliphatic heterocycles. The van der Waals surface area contributed by atoms with Crippen molar-refractivity contribution in [1.29, 1.82) is 0 Å². The summed E-state index contributed by atoms with van der Waals surface area (Å²) in [7, 11) is 1.63. The second kappa shape index (κ2) is 7.31. The van der Waals surface area contributed by atoms with Crippen LogP contribution < -0.4 is 5.32 Å². The van der Waals surface area contributed by atoms with Crippen LogP contribution >= 0.6 is 0 Å². The third kappa shape index (κ3) is 4.54. The number of carboxylic acids is 1. The molecule has 1 aliphatic carbocycles. The van der Waals surface area contributed by atoms with Crippen LogP contribution in [0.4, 0.5) is 4.79 Å². The van der Waals surface area contributed by atoms with Crippen molar-refractivity contribution in [2.24, 2.45) is 11.3 Å². The molecule has 5 heteroatoms. The topological polar surface area (TPSA) is 69.6 Å². The minimum Gasteiger partial charge on any atom is -0.481 e. The monoisotopic (exact) mass is 282 g/mol. The maximum atomic E-state index is 12.0. The van der Waals surface area contributed by atoms with Crippen LogP contribution in [0.3, 0.4) is 0 Å². The summed E-state index contributed by atoms with van der Waals surface area (Å²) in [5, 5.41) is 11.8. The molecule has 1 atom stereocenters. The summed E-state index contributed by atoms with van der Waals surface area (Å²) in [6.07, 6.45) is 7.49. The Hall–Kier alpha value is -1.52. The lowest BCUT2D eigenvalue weighted by Crippen LogP contribution is -2.44. The number of carbonyl (C=O) groups is 2. The van der Waals surface area contributed by atoms with Gasteiger partial charge in [0.15, 0.2) is 0 Å². The highest BCUT2D eigenvalue weighted by molar-refractivity contribution is 5.75. The van der Waals surface area contributed by atoms with Gasteiger partial charge >= 0.3 is 12.0 Å². The number of hydrogen-bond donors (Lipinski definition) is 2. The van der Waals surface area contributed by atoms with E-state index < -0.39 is 11.9 Å². The number of aliphatic carboxylic acids is 1. The molecule has 0 aromatic carbocycles. The van der Waals surface area contributed by atoms with Crippen molar-refractivity contribution >= 4 is 12.0 Å². The van der Waals surface area contributed by atoms with Crippen molar-refractivity contribution in [1.82, 2.24) is 10.2 Å². The second-order valence-corrected chi connectivity index (χ2v) is 5.98. The van der Waals surface area contributed by atoms with E-state index in [9.17, 15) is 9.59 Å². The highest BCUT2D eigenvalue weighted by atomic mass is 16.4. The van der Waals surface area contributed by atoms with E-state index in [0.717, 1.165) is 19.3 Å². The van der Waals surface area contributed by atoms with Gasteiger partial charge in [0, 0.05) is 20.1 Å². The zero-order valence-corrected chi connectivity index (χ0v) is 12.5. The van der Waals surface area contributed by atoms with Crippen LogP contribution in [-0.4, -0.2) is 42.1 Å². The predicted octanol–water partition coefficient (Wildman–Crippen LogP) is 2.49. The van der Waals surface area contributed by atoms with Crippen LogP contribution in [0.1, 0.15) is 39.0 Å². The number of hydrogen-bond acceptors (Lipinski definition) is 2. The molecule has 0 spiro atoms. The van der Waals surface area contributed by atoms with Crippen LogP contribution in [0.25, 0.3) is 0 Å². The first-order valence-corrected chi connectivity index (χ1v) is 7.23. The van der Waals surface area contributed by atoms with E-state index in [1.54, 1.807) is 14.0 Å². The number of carboxylic acid groups (broad SMARTS) is 1. The third-order valence-electron chi connectivity index (χ3n) is 4.17. The smallest absolute Gasteiger partial charge is 0.317 e. The summed E-state index contributed by atoms with van der Waals surface area (Å²) in [6.45, 7) is 6.26. The number of carbonyl (C=O) groups excluding carboxylic acids is 1. The Bertz CT molecular complexity index is 362. The first-order valence-electron chi connectivity index (χ1n) is 7.23. The highest BCUT2D eigenvalue weighted by Gasteiger charge is 2.33. The summed E-state index contributed by atoms with van der Waals surface area (Å²) in [5.41, 5.74) is 0.149. The molecule has 114 valence electrons. The Morgan fingerprint density at radius 2 is 2.05 bits per heavy atom. The predicted molar refractivity (Wildman–Crippen MR) is 78.5 cm³/mol. The molecular weight excluding hydrogens is 256 g/mol. The maximum absolute atomic E-state index is 12.0. The second-order valence-electron chi connectivity index (χ2n) is 5.98. The van der Waals surface area contributed by atoms with Gasteiger partial charge in [-0.15, -0.1) is 6.58 Å². The molecule has 1 aliphatic rings. The van der Waals surface area contributed by atoms with E-state index in [4.69, 9.17) is 5.11 Å². The standard InChI is InChI=1S/C15H26N2O3/c1-4-7-15(8-5-6-9-15)11-16-14(20)17(3)10-12(2)13(18)19/h4,12H,1,5-11H2,2-3H3,(H,16,20)(H,18,19). The molecule has 0 aromatic heterocycles. The molecule has 1 unspecified atom stereocenters. The molecule has 1 rings (SSSR count). The maximum Gasteiger partial charge on any atom is 0.317 e. The van der Waals surface area contributed by atoms with Gasteiger partial charge in [0.05, 0.1) is 5.92 Å². The molecular formula is C15H26N2O3. The molecule has 1 saturated carbocycles. The number of amides is 2. The minimum atomic E-state index is -0.886. The molecule has 20 heavy (non-hydrogen) atoms. The number of nitrogens with zero attached hydrogens (tertiary/aromatic N) is 1. The zero-order valence-electron chi connectivity index (χ0n) is 12.5. The van der Waals surface area contributed by atoms with Crippen LogP contribution in [0.5, 0.6) is 0 Å². The molecule has 0 bridgehead atoms. The largest absolute Gasteiger partial charge is 0.481 e. The molecule has 1 fully saturated rings. The van der Waals surface area contributed by atoms with Crippen LogP contribution in [0.2, 0.25) is 0 Å². The summed E-state index contributed by atoms with van der Waals surface area (Å²) in [4.78, 5) is 24.2.